The number of esters is 1. The molecule has 1 aliphatic rings. The molecule has 0 bridgehead atoms. The van der Waals surface area contributed by atoms with E-state index in [1.54, 1.807) is 0 Å². The first kappa shape index (κ1) is 14.2. The molecule has 4 heteroatoms. The van der Waals surface area contributed by atoms with E-state index in [0.717, 1.165) is 19.3 Å². The monoisotopic (exact) mass is 242 g/mol. The van der Waals surface area contributed by atoms with Gasteiger partial charge >= 0.3 is 5.97 Å². The average Bonchev–Trinajstić information content (AvgIpc) is 2.56. The molecule has 0 aliphatic carbocycles. The molecule has 1 heterocycles. The van der Waals surface area contributed by atoms with Gasteiger partial charge in [-0.1, -0.05) is 12.2 Å². The maximum absolute atomic E-state index is 10.5. The van der Waals surface area contributed by atoms with Gasteiger partial charge in [-0.05, 0) is 33.1 Å². The Labute approximate surface area is 103 Å². The minimum absolute atomic E-state index is 0.0680. The number of hydrogen-bond donors (Lipinski definition) is 0. The molecule has 0 saturated carbocycles. The third-order valence-corrected chi connectivity index (χ3v) is 2.45. The number of unbranched alkanes of at least 4 members (excludes halogenated alkanes) is 2. The number of rotatable bonds is 6. The Bertz CT molecular complexity index is 271. The van der Waals surface area contributed by atoms with E-state index >= 15 is 0 Å². The largest absolute Gasteiger partial charge is 0.466 e. The molecule has 0 N–H and O–H groups in total. The molecule has 17 heavy (non-hydrogen) atoms. The molecular weight excluding hydrogens is 220 g/mol. The van der Waals surface area contributed by atoms with Crippen molar-refractivity contribution in [3.05, 3.63) is 12.2 Å². The van der Waals surface area contributed by atoms with E-state index in [9.17, 15) is 4.79 Å². The van der Waals surface area contributed by atoms with Crippen LogP contribution in [-0.2, 0) is 19.0 Å². The van der Waals surface area contributed by atoms with Crippen molar-refractivity contribution in [1.82, 2.24) is 0 Å². The van der Waals surface area contributed by atoms with Crippen molar-refractivity contribution < 1.29 is 19.0 Å². The lowest BCUT2D eigenvalue weighted by Crippen LogP contribution is -2.20. The van der Waals surface area contributed by atoms with Gasteiger partial charge in [0.25, 0.3) is 0 Å². The van der Waals surface area contributed by atoms with Gasteiger partial charge in [-0.15, -0.1) is 0 Å². The molecule has 0 spiro atoms. The van der Waals surface area contributed by atoms with Crippen molar-refractivity contribution in [2.75, 3.05) is 13.2 Å². The lowest BCUT2D eigenvalue weighted by Gasteiger charge is -2.15. The van der Waals surface area contributed by atoms with Crippen LogP contribution in [-0.4, -0.2) is 31.1 Å². The normalized spacial score (nSPS) is 23.1. The summed E-state index contributed by atoms with van der Waals surface area (Å²) in [7, 11) is 0. The Balaban J connectivity index is 2.01. The smallest absolute Gasteiger partial charge is 0.302 e. The predicted octanol–water partition coefficient (Wildman–Crippen LogP) is 2.43. The lowest BCUT2D eigenvalue weighted by molar-refractivity contribution is -0.141. The SMILES string of the molecule is CC(=O)OCCCCC=CC1COC(C)(C)O1. The standard InChI is InChI=1S/C13H22O4/c1-11(14)15-9-7-5-4-6-8-12-10-16-13(2,3)17-12/h6,8,12H,4-5,7,9-10H2,1-3H3. The molecule has 0 radical (unpaired) electrons. The molecule has 1 atom stereocenters. The molecule has 1 unspecified atom stereocenters. The third-order valence-electron chi connectivity index (χ3n) is 2.45. The van der Waals surface area contributed by atoms with Crippen LogP contribution in [0.15, 0.2) is 12.2 Å². The molecule has 0 aromatic carbocycles. The fourth-order valence-corrected chi connectivity index (χ4v) is 1.64. The van der Waals surface area contributed by atoms with Crippen molar-refractivity contribution in [3.63, 3.8) is 0 Å². The van der Waals surface area contributed by atoms with Gasteiger partial charge in [0.1, 0.15) is 6.10 Å². The minimum Gasteiger partial charge on any atom is -0.466 e. The van der Waals surface area contributed by atoms with Crippen LogP contribution in [0.5, 0.6) is 0 Å². The predicted molar refractivity (Wildman–Crippen MR) is 64.5 cm³/mol. The van der Waals surface area contributed by atoms with Crippen LogP contribution in [0.1, 0.15) is 40.0 Å². The number of carbonyl (C=O) groups is 1. The molecule has 1 aliphatic heterocycles. The summed E-state index contributed by atoms with van der Waals surface area (Å²) in [5.41, 5.74) is 0. The minimum atomic E-state index is -0.454. The van der Waals surface area contributed by atoms with E-state index in [1.165, 1.54) is 6.92 Å². The summed E-state index contributed by atoms with van der Waals surface area (Å²) < 4.78 is 15.9. The second-order valence-electron chi connectivity index (χ2n) is 4.63. The van der Waals surface area contributed by atoms with Gasteiger partial charge in [0.2, 0.25) is 0 Å². The van der Waals surface area contributed by atoms with Crippen molar-refractivity contribution in [2.24, 2.45) is 0 Å². The average molecular weight is 242 g/mol. The highest BCUT2D eigenvalue weighted by Crippen LogP contribution is 2.22. The number of carbonyl (C=O) groups excluding carboxylic acids is 1. The highest BCUT2D eigenvalue weighted by molar-refractivity contribution is 5.65. The second-order valence-corrected chi connectivity index (χ2v) is 4.63. The van der Waals surface area contributed by atoms with Crippen molar-refractivity contribution in [3.8, 4) is 0 Å². The summed E-state index contributed by atoms with van der Waals surface area (Å²) in [5, 5.41) is 0. The number of ether oxygens (including phenoxy) is 3. The Morgan fingerprint density at radius 1 is 1.47 bits per heavy atom. The Kier molecular flexibility index (Phi) is 5.65. The fourth-order valence-electron chi connectivity index (χ4n) is 1.64. The molecule has 0 aromatic rings. The van der Waals surface area contributed by atoms with Crippen LogP contribution in [0.2, 0.25) is 0 Å². The van der Waals surface area contributed by atoms with Gasteiger partial charge in [0.15, 0.2) is 5.79 Å². The Hall–Kier alpha value is -0.870. The van der Waals surface area contributed by atoms with E-state index in [1.807, 2.05) is 19.9 Å². The van der Waals surface area contributed by atoms with Crippen molar-refractivity contribution in [1.29, 1.82) is 0 Å². The van der Waals surface area contributed by atoms with Crippen molar-refractivity contribution in [2.45, 2.75) is 51.9 Å². The zero-order chi connectivity index (χ0) is 12.7. The fraction of sp³-hybridized carbons (Fsp3) is 0.769. The lowest BCUT2D eigenvalue weighted by atomic mass is 10.2. The van der Waals surface area contributed by atoms with Gasteiger partial charge in [-0.2, -0.15) is 0 Å². The quantitative estimate of drug-likeness (QED) is 0.407. The first-order chi connectivity index (χ1) is 7.99. The van der Waals surface area contributed by atoms with Crippen LogP contribution >= 0.6 is 0 Å². The molecule has 0 aromatic heterocycles. The van der Waals surface area contributed by atoms with E-state index in [0.29, 0.717) is 13.2 Å². The Morgan fingerprint density at radius 2 is 2.24 bits per heavy atom. The molecule has 0 amide bonds. The highest BCUT2D eigenvalue weighted by atomic mass is 16.7. The molecule has 1 saturated heterocycles. The van der Waals surface area contributed by atoms with Crippen LogP contribution < -0.4 is 0 Å². The van der Waals surface area contributed by atoms with Gasteiger partial charge in [-0.3, -0.25) is 4.79 Å². The molecule has 4 nitrogen and oxygen atoms in total. The highest BCUT2D eigenvalue weighted by Gasteiger charge is 2.30. The van der Waals surface area contributed by atoms with E-state index in [-0.39, 0.29) is 12.1 Å². The van der Waals surface area contributed by atoms with Gasteiger partial charge < -0.3 is 14.2 Å². The summed E-state index contributed by atoms with van der Waals surface area (Å²) in [5.74, 6) is -0.663. The van der Waals surface area contributed by atoms with E-state index < -0.39 is 5.79 Å². The first-order valence-corrected chi connectivity index (χ1v) is 6.11. The topological polar surface area (TPSA) is 44.8 Å². The summed E-state index contributed by atoms with van der Waals surface area (Å²) >= 11 is 0. The number of hydrogen-bond acceptors (Lipinski definition) is 4. The molecule has 98 valence electrons. The first-order valence-electron chi connectivity index (χ1n) is 6.11. The van der Waals surface area contributed by atoms with E-state index in [2.05, 4.69) is 6.08 Å². The number of allylic oxidation sites excluding steroid dienone is 1. The van der Waals surface area contributed by atoms with Crippen LogP contribution in [0.25, 0.3) is 0 Å². The zero-order valence-electron chi connectivity index (χ0n) is 10.9. The van der Waals surface area contributed by atoms with Crippen LogP contribution in [0.4, 0.5) is 0 Å². The molecule has 1 rings (SSSR count). The zero-order valence-corrected chi connectivity index (χ0v) is 10.9. The third kappa shape index (κ3) is 6.44. The summed E-state index contributed by atoms with van der Waals surface area (Å²) in [6.45, 7) is 6.40. The van der Waals surface area contributed by atoms with Crippen LogP contribution in [0.3, 0.4) is 0 Å². The van der Waals surface area contributed by atoms with Gasteiger partial charge in [-0.25, -0.2) is 0 Å². The van der Waals surface area contributed by atoms with Gasteiger partial charge in [0.05, 0.1) is 13.2 Å². The summed E-state index contributed by atoms with van der Waals surface area (Å²) in [6, 6.07) is 0. The van der Waals surface area contributed by atoms with Crippen molar-refractivity contribution >= 4 is 5.97 Å². The molecule has 1 fully saturated rings. The molecular formula is C13H22O4. The Morgan fingerprint density at radius 3 is 2.82 bits per heavy atom. The van der Waals surface area contributed by atoms with E-state index in [4.69, 9.17) is 14.2 Å². The second kappa shape index (κ2) is 6.77. The van der Waals surface area contributed by atoms with Gasteiger partial charge in [0, 0.05) is 6.92 Å². The summed E-state index contributed by atoms with van der Waals surface area (Å²) in [4.78, 5) is 10.5. The summed E-state index contributed by atoms with van der Waals surface area (Å²) in [6.07, 6.45) is 7.10. The van der Waals surface area contributed by atoms with Crippen LogP contribution in [0, 0.1) is 0 Å². The maximum atomic E-state index is 10.5. The maximum Gasteiger partial charge on any atom is 0.302 e.